The predicted molar refractivity (Wildman–Crippen MR) is 86.9 cm³/mol. The summed E-state index contributed by atoms with van der Waals surface area (Å²) in [7, 11) is 0. The minimum Gasteiger partial charge on any atom is -0.493 e. The van der Waals surface area contributed by atoms with E-state index in [4.69, 9.17) is 9.47 Å². The van der Waals surface area contributed by atoms with Crippen molar-refractivity contribution in [2.45, 2.75) is 58.2 Å². The van der Waals surface area contributed by atoms with E-state index in [0.29, 0.717) is 17.9 Å². The van der Waals surface area contributed by atoms with Crippen molar-refractivity contribution < 1.29 is 19.4 Å². The first kappa shape index (κ1) is 16.7. The lowest BCUT2D eigenvalue weighted by atomic mass is 10.1. The van der Waals surface area contributed by atoms with Gasteiger partial charge in [-0.2, -0.15) is 9.61 Å². The molecule has 0 aliphatic heterocycles. The highest BCUT2D eigenvalue weighted by atomic mass is 16.5. The largest absolute Gasteiger partial charge is 0.493 e. The molecular formula is C17H23N3O4. The number of carbonyl (C=O) groups is 1. The first-order valence-electron chi connectivity index (χ1n) is 8.54. The molecule has 3 rings (SSSR count). The van der Waals surface area contributed by atoms with Gasteiger partial charge in [-0.3, -0.25) is 0 Å². The Morgan fingerprint density at radius 3 is 2.75 bits per heavy atom. The average molecular weight is 333 g/mol. The van der Waals surface area contributed by atoms with Gasteiger partial charge in [0.25, 0.3) is 0 Å². The van der Waals surface area contributed by atoms with Crippen LogP contribution in [0.3, 0.4) is 0 Å². The number of aromatic hydroxyl groups is 1. The Morgan fingerprint density at radius 2 is 2.04 bits per heavy atom. The van der Waals surface area contributed by atoms with Gasteiger partial charge >= 0.3 is 5.97 Å². The van der Waals surface area contributed by atoms with Crippen molar-refractivity contribution in [1.82, 2.24) is 14.6 Å². The van der Waals surface area contributed by atoms with Crippen molar-refractivity contribution in [2.75, 3.05) is 6.61 Å². The van der Waals surface area contributed by atoms with Crippen molar-refractivity contribution in [3.63, 3.8) is 0 Å². The van der Waals surface area contributed by atoms with E-state index in [-0.39, 0.29) is 24.3 Å². The molecule has 0 amide bonds. The Morgan fingerprint density at radius 1 is 1.29 bits per heavy atom. The van der Waals surface area contributed by atoms with E-state index in [9.17, 15) is 9.90 Å². The van der Waals surface area contributed by atoms with Gasteiger partial charge in [0.2, 0.25) is 5.88 Å². The van der Waals surface area contributed by atoms with Gasteiger partial charge in [-0.1, -0.05) is 25.7 Å². The fraction of sp³-hybridized carbons (Fsp3) is 0.588. The van der Waals surface area contributed by atoms with Gasteiger partial charge in [0.1, 0.15) is 0 Å². The molecule has 2 aromatic heterocycles. The summed E-state index contributed by atoms with van der Waals surface area (Å²) in [6.07, 6.45) is 7.37. The maximum absolute atomic E-state index is 11.7. The molecule has 24 heavy (non-hydrogen) atoms. The SMILES string of the molecule is CCOC(=O)c1cc2nc(COC3CCCCCC3)cc(O)n2n1. The Bertz CT molecular complexity index is 705. The molecule has 7 heteroatoms. The molecule has 2 heterocycles. The highest BCUT2D eigenvalue weighted by Gasteiger charge is 2.17. The molecule has 7 nitrogen and oxygen atoms in total. The van der Waals surface area contributed by atoms with Crippen LogP contribution in [0.4, 0.5) is 0 Å². The van der Waals surface area contributed by atoms with Gasteiger partial charge in [0, 0.05) is 12.1 Å². The smallest absolute Gasteiger partial charge is 0.358 e. The van der Waals surface area contributed by atoms with Gasteiger partial charge in [-0.25, -0.2) is 9.78 Å². The normalized spacial score (nSPS) is 16.2. The minimum absolute atomic E-state index is 0.0741. The maximum Gasteiger partial charge on any atom is 0.358 e. The second-order valence-corrected chi connectivity index (χ2v) is 6.05. The van der Waals surface area contributed by atoms with Gasteiger partial charge in [0.15, 0.2) is 11.3 Å². The number of esters is 1. The molecule has 1 saturated carbocycles. The van der Waals surface area contributed by atoms with Gasteiger partial charge < -0.3 is 14.6 Å². The first-order valence-corrected chi connectivity index (χ1v) is 8.54. The van der Waals surface area contributed by atoms with E-state index in [1.54, 1.807) is 6.92 Å². The standard InChI is InChI=1S/C17H23N3O4/c1-2-23-17(22)14-10-15-18-12(9-16(21)20(15)19-14)11-24-13-7-5-3-4-6-8-13/h9-10,13,21H,2-8,11H2,1H3. The third kappa shape index (κ3) is 3.84. The Kier molecular flexibility index (Phi) is 5.30. The molecule has 1 fully saturated rings. The first-order chi connectivity index (χ1) is 11.7. The van der Waals surface area contributed by atoms with Crippen molar-refractivity contribution in [3.05, 3.63) is 23.5 Å². The van der Waals surface area contributed by atoms with Crippen LogP contribution in [0, 0.1) is 0 Å². The highest BCUT2D eigenvalue weighted by Crippen LogP contribution is 2.22. The van der Waals surface area contributed by atoms with Crippen LogP contribution < -0.4 is 0 Å². The fourth-order valence-corrected chi connectivity index (χ4v) is 3.00. The maximum atomic E-state index is 11.7. The summed E-state index contributed by atoms with van der Waals surface area (Å²) in [6, 6.07) is 3.03. The molecule has 2 aromatic rings. The van der Waals surface area contributed by atoms with Gasteiger partial charge in [-0.15, -0.1) is 0 Å². The number of nitrogens with zero attached hydrogens (tertiary/aromatic N) is 3. The minimum atomic E-state index is -0.529. The summed E-state index contributed by atoms with van der Waals surface area (Å²) in [5.41, 5.74) is 1.15. The van der Waals surface area contributed by atoms with Crippen molar-refractivity contribution in [3.8, 4) is 5.88 Å². The van der Waals surface area contributed by atoms with E-state index >= 15 is 0 Å². The zero-order chi connectivity index (χ0) is 16.9. The third-order valence-electron chi connectivity index (χ3n) is 4.22. The fourth-order valence-electron chi connectivity index (χ4n) is 3.00. The Balaban J connectivity index is 1.73. The summed E-state index contributed by atoms with van der Waals surface area (Å²) in [5, 5.41) is 14.1. The summed E-state index contributed by atoms with van der Waals surface area (Å²) < 4.78 is 12.1. The zero-order valence-electron chi connectivity index (χ0n) is 13.9. The summed E-state index contributed by atoms with van der Waals surface area (Å²) in [5.74, 6) is -0.603. The lowest BCUT2D eigenvalue weighted by Crippen LogP contribution is -2.12. The number of carbonyl (C=O) groups excluding carboxylic acids is 1. The van der Waals surface area contributed by atoms with Crippen LogP contribution >= 0.6 is 0 Å². The van der Waals surface area contributed by atoms with Crippen LogP contribution in [0.25, 0.3) is 5.65 Å². The topological polar surface area (TPSA) is 86.0 Å². The molecule has 0 aromatic carbocycles. The number of fused-ring (bicyclic) bond motifs is 1. The summed E-state index contributed by atoms with van der Waals surface area (Å²) in [6.45, 7) is 2.34. The van der Waals surface area contributed by atoms with Crippen LogP contribution in [0.15, 0.2) is 12.1 Å². The van der Waals surface area contributed by atoms with E-state index in [1.165, 1.54) is 42.3 Å². The van der Waals surface area contributed by atoms with Gasteiger partial charge in [0.05, 0.1) is 25.0 Å². The Hall–Kier alpha value is -2.15. The predicted octanol–water partition coefficient (Wildman–Crippen LogP) is 2.85. The molecule has 1 aliphatic carbocycles. The van der Waals surface area contributed by atoms with E-state index in [0.717, 1.165) is 12.8 Å². The molecule has 0 bridgehead atoms. The molecule has 130 valence electrons. The molecule has 1 aliphatic rings. The number of rotatable bonds is 5. The lowest BCUT2D eigenvalue weighted by molar-refractivity contribution is 0.0291. The van der Waals surface area contributed by atoms with Crippen LogP contribution in [-0.4, -0.2) is 38.4 Å². The summed E-state index contributed by atoms with van der Waals surface area (Å²) >= 11 is 0. The molecule has 0 atom stereocenters. The van der Waals surface area contributed by atoms with Gasteiger partial charge in [-0.05, 0) is 19.8 Å². The zero-order valence-corrected chi connectivity index (χ0v) is 13.9. The number of hydrogen-bond acceptors (Lipinski definition) is 6. The quantitative estimate of drug-likeness (QED) is 0.669. The molecule has 0 spiro atoms. The molecule has 0 radical (unpaired) electrons. The third-order valence-corrected chi connectivity index (χ3v) is 4.22. The Labute approximate surface area is 140 Å². The number of aromatic nitrogens is 3. The van der Waals surface area contributed by atoms with Crippen LogP contribution in [0.5, 0.6) is 5.88 Å². The highest BCUT2D eigenvalue weighted by molar-refractivity contribution is 5.88. The van der Waals surface area contributed by atoms with E-state index in [2.05, 4.69) is 10.1 Å². The van der Waals surface area contributed by atoms with Crippen molar-refractivity contribution >= 4 is 11.6 Å². The molecule has 1 N–H and O–H groups in total. The van der Waals surface area contributed by atoms with Crippen molar-refractivity contribution in [2.24, 2.45) is 0 Å². The monoisotopic (exact) mass is 333 g/mol. The average Bonchev–Trinajstić information content (AvgIpc) is 2.83. The van der Waals surface area contributed by atoms with E-state index in [1.807, 2.05) is 0 Å². The molecule has 0 unspecified atom stereocenters. The second kappa shape index (κ2) is 7.61. The van der Waals surface area contributed by atoms with E-state index < -0.39 is 5.97 Å². The van der Waals surface area contributed by atoms with Crippen LogP contribution in [0.2, 0.25) is 0 Å². The number of hydrogen-bond donors (Lipinski definition) is 1. The van der Waals surface area contributed by atoms with Crippen molar-refractivity contribution in [1.29, 1.82) is 0 Å². The number of ether oxygens (including phenoxy) is 2. The lowest BCUT2D eigenvalue weighted by Gasteiger charge is -2.15. The second-order valence-electron chi connectivity index (χ2n) is 6.05. The molecule has 0 saturated heterocycles. The summed E-state index contributed by atoms with van der Waals surface area (Å²) in [4.78, 5) is 16.2. The van der Waals surface area contributed by atoms with Crippen LogP contribution in [0.1, 0.15) is 61.6 Å². The van der Waals surface area contributed by atoms with Crippen LogP contribution in [-0.2, 0) is 16.1 Å². The molecular weight excluding hydrogens is 310 g/mol.